The van der Waals surface area contributed by atoms with Crippen molar-refractivity contribution in [2.24, 2.45) is 0 Å². The van der Waals surface area contributed by atoms with Gasteiger partial charge in [-0.25, -0.2) is 0 Å². The highest BCUT2D eigenvalue weighted by atomic mass is 35.5. The molecular formula is C24H28ClN5O2S. The van der Waals surface area contributed by atoms with Crippen molar-refractivity contribution in [1.29, 1.82) is 0 Å². The van der Waals surface area contributed by atoms with Gasteiger partial charge in [0.05, 0.1) is 12.3 Å². The first-order valence-corrected chi connectivity index (χ1v) is 12.2. The number of benzene rings is 2. The molecule has 9 heteroatoms. The van der Waals surface area contributed by atoms with Crippen LogP contribution in [0.4, 0.5) is 5.69 Å². The van der Waals surface area contributed by atoms with Crippen LogP contribution in [0.25, 0.3) is 11.4 Å². The van der Waals surface area contributed by atoms with Gasteiger partial charge in [0.25, 0.3) is 0 Å². The molecule has 0 bridgehead atoms. The molecule has 33 heavy (non-hydrogen) atoms. The minimum atomic E-state index is -0.210. The third-order valence-corrected chi connectivity index (χ3v) is 6.26. The van der Waals surface area contributed by atoms with Crippen LogP contribution < -0.4 is 5.32 Å². The van der Waals surface area contributed by atoms with Crippen LogP contribution in [-0.4, -0.2) is 50.3 Å². The highest BCUT2D eigenvalue weighted by Gasteiger charge is 2.20. The van der Waals surface area contributed by atoms with E-state index in [0.717, 1.165) is 29.1 Å². The largest absolute Gasteiger partial charge is 0.333 e. The fraction of sp³-hybridized carbons (Fsp3) is 0.333. The summed E-state index contributed by atoms with van der Waals surface area (Å²) in [5.41, 5.74) is 2.64. The zero-order valence-corrected chi connectivity index (χ0v) is 20.6. The molecule has 174 valence electrons. The number of nitrogens with one attached hydrogen (secondary N) is 1. The third kappa shape index (κ3) is 6.58. The number of rotatable bonds is 10. The van der Waals surface area contributed by atoms with Gasteiger partial charge < -0.3 is 14.8 Å². The Morgan fingerprint density at radius 1 is 1.09 bits per heavy atom. The minimum Gasteiger partial charge on any atom is -0.333 e. The standard InChI is InChI=1S/C24H28ClN5O2S/c1-4-14-29(15-21(31)26-20-9-7-6-8-17(20)3)22(32)16-33-24-28-27-23(30(24)5-2)18-10-12-19(25)13-11-18/h6-13H,4-5,14-16H2,1-3H3,(H,26,31). The summed E-state index contributed by atoms with van der Waals surface area (Å²) >= 11 is 7.32. The molecule has 1 aromatic heterocycles. The predicted molar refractivity (Wildman–Crippen MR) is 134 cm³/mol. The van der Waals surface area contributed by atoms with Gasteiger partial charge in [-0.15, -0.1) is 10.2 Å². The smallest absolute Gasteiger partial charge is 0.244 e. The Bertz CT molecular complexity index is 1100. The Morgan fingerprint density at radius 2 is 1.82 bits per heavy atom. The van der Waals surface area contributed by atoms with E-state index in [2.05, 4.69) is 15.5 Å². The lowest BCUT2D eigenvalue weighted by atomic mass is 10.2. The van der Waals surface area contributed by atoms with Gasteiger partial charge >= 0.3 is 0 Å². The molecule has 2 amide bonds. The molecule has 2 aromatic carbocycles. The van der Waals surface area contributed by atoms with E-state index in [4.69, 9.17) is 11.6 Å². The van der Waals surface area contributed by atoms with Crippen LogP contribution in [0.3, 0.4) is 0 Å². The molecule has 3 aromatic rings. The van der Waals surface area contributed by atoms with Crippen molar-refractivity contribution in [3.8, 4) is 11.4 Å². The average molecular weight is 486 g/mol. The minimum absolute atomic E-state index is 0.0120. The summed E-state index contributed by atoms with van der Waals surface area (Å²) in [5.74, 6) is 0.585. The van der Waals surface area contributed by atoms with Gasteiger partial charge in [-0.2, -0.15) is 0 Å². The van der Waals surface area contributed by atoms with Gasteiger partial charge in [-0.3, -0.25) is 9.59 Å². The van der Waals surface area contributed by atoms with E-state index < -0.39 is 0 Å². The van der Waals surface area contributed by atoms with Gasteiger partial charge in [-0.1, -0.05) is 48.5 Å². The zero-order valence-electron chi connectivity index (χ0n) is 19.0. The van der Waals surface area contributed by atoms with E-state index in [1.54, 1.807) is 4.90 Å². The molecular weight excluding hydrogens is 458 g/mol. The second-order valence-corrected chi connectivity index (χ2v) is 8.90. The summed E-state index contributed by atoms with van der Waals surface area (Å²) in [5, 5.41) is 12.8. The van der Waals surface area contributed by atoms with Crippen molar-refractivity contribution in [3.05, 3.63) is 59.1 Å². The van der Waals surface area contributed by atoms with E-state index in [1.165, 1.54) is 11.8 Å². The normalized spacial score (nSPS) is 10.8. The van der Waals surface area contributed by atoms with Crippen LogP contribution in [-0.2, 0) is 16.1 Å². The number of anilines is 1. The molecule has 0 spiro atoms. The Hall–Kier alpha value is -2.84. The van der Waals surface area contributed by atoms with E-state index in [0.29, 0.717) is 23.3 Å². The van der Waals surface area contributed by atoms with E-state index in [-0.39, 0.29) is 24.1 Å². The predicted octanol–water partition coefficient (Wildman–Crippen LogP) is 4.90. The van der Waals surface area contributed by atoms with E-state index in [9.17, 15) is 9.59 Å². The summed E-state index contributed by atoms with van der Waals surface area (Å²) < 4.78 is 1.97. The second-order valence-electron chi connectivity index (χ2n) is 7.52. The molecule has 0 atom stereocenters. The number of thioether (sulfide) groups is 1. The topological polar surface area (TPSA) is 80.1 Å². The van der Waals surface area contributed by atoms with Crippen molar-refractivity contribution in [2.75, 3.05) is 24.2 Å². The highest BCUT2D eigenvalue weighted by Crippen LogP contribution is 2.25. The quantitative estimate of drug-likeness (QED) is 0.413. The summed E-state index contributed by atoms with van der Waals surface area (Å²) in [6.07, 6.45) is 0.764. The number of aryl methyl sites for hydroxylation is 1. The Kier molecular flexibility index (Phi) is 8.91. The fourth-order valence-electron chi connectivity index (χ4n) is 3.35. The molecule has 1 N–H and O–H groups in total. The summed E-state index contributed by atoms with van der Waals surface area (Å²) in [6, 6.07) is 15.0. The van der Waals surface area contributed by atoms with Gasteiger partial charge in [-0.05, 0) is 56.2 Å². The number of halogens is 1. The van der Waals surface area contributed by atoms with Crippen LogP contribution in [0.2, 0.25) is 5.02 Å². The van der Waals surface area contributed by atoms with Crippen LogP contribution in [0.1, 0.15) is 25.8 Å². The van der Waals surface area contributed by atoms with Crippen molar-refractivity contribution in [1.82, 2.24) is 19.7 Å². The maximum Gasteiger partial charge on any atom is 0.244 e. The van der Waals surface area contributed by atoms with Crippen molar-refractivity contribution < 1.29 is 9.59 Å². The molecule has 0 fully saturated rings. The summed E-state index contributed by atoms with van der Waals surface area (Å²) in [6.45, 7) is 7.12. The first-order chi connectivity index (χ1) is 15.9. The number of para-hydroxylation sites is 1. The molecule has 7 nitrogen and oxygen atoms in total. The Labute approximate surface area is 203 Å². The van der Waals surface area contributed by atoms with Crippen LogP contribution >= 0.6 is 23.4 Å². The van der Waals surface area contributed by atoms with Gasteiger partial charge in [0, 0.05) is 29.4 Å². The SMILES string of the molecule is CCCN(CC(=O)Nc1ccccc1C)C(=O)CSc1nnc(-c2ccc(Cl)cc2)n1CC. The molecule has 0 saturated carbocycles. The molecule has 0 unspecified atom stereocenters. The Morgan fingerprint density at radius 3 is 2.48 bits per heavy atom. The number of hydrogen-bond acceptors (Lipinski definition) is 5. The third-order valence-electron chi connectivity index (χ3n) is 5.06. The molecule has 1 heterocycles. The van der Waals surface area contributed by atoms with E-state index in [1.807, 2.05) is 73.9 Å². The molecule has 0 saturated heterocycles. The number of aromatic nitrogens is 3. The lowest BCUT2D eigenvalue weighted by molar-refractivity contribution is -0.132. The van der Waals surface area contributed by atoms with E-state index >= 15 is 0 Å². The molecule has 0 aliphatic carbocycles. The van der Waals surface area contributed by atoms with Crippen LogP contribution in [0.15, 0.2) is 53.7 Å². The zero-order chi connectivity index (χ0) is 23.8. The maximum atomic E-state index is 12.9. The lowest BCUT2D eigenvalue weighted by Crippen LogP contribution is -2.39. The van der Waals surface area contributed by atoms with Crippen molar-refractivity contribution in [2.45, 2.75) is 38.9 Å². The number of carbonyl (C=O) groups excluding carboxylic acids is 2. The monoisotopic (exact) mass is 485 g/mol. The summed E-state index contributed by atoms with van der Waals surface area (Å²) in [7, 11) is 0. The van der Waals surface area contributed by atoms with Crippen LogP contribution in [0, 0.1) is 6.92 Å². The second kappa shape index (κ2) is 11.9. The molecule has 0 aliphatic heterocycles. The molecule has 0 aliphatic rings. The van der Waals surface area contributed by atoms with Crippen LogP contribution in [0.5, 0.6) is 0 Å². The highest BCUT2D eigenvalue weighted by molar-refractivity contribution is 7.99. The lowest BCUT2D eigenvalue weighted by Gasteiger charge is -2.21. The number of nitrogens with zero attached hydrogens (tertiary/aromatic N) is 4. The number of amides is 2. The fourth-order valence-corrected chi connectivity index (χ4v) is 4.38. The van der Waals surface area contributed by atoms with Crippen molar-refractivity contribution >= 4 is 40.9 Å². The Balaban J connectivity index is 1.64. The first kappa shape index (κ1) is 24.8. The van der Waals surface area contributed by atoms with Crippen molar-refractivity contribution in [3.63, 3.8) is 0 Å². The maximum absolute atomic E-state index is 12.9. The average Bonchev–Trinajstić information content (AvgIpc) is 3.22. The molecule has 0 radical (unpaired) electrons. The van der Waals surface area contributed by atoms with Gasteiger partial charge in [0.2, 0.25) is 11.8 Å². The number of carbonyl (C=O) groups is 2. The number of hydrogen-bond donors (Lipinski definition) is 1. The first-order valence-electron chi connectivity index (χ1n) is 10.9. The summed E-state index contributed by atoms with van der Waals surface area (Å²) in [4.78, 5) is 27.1. The van der Waals surface area contributed by atoms with Gasteiger partial charge in [0.1, 0.15) is 0 Å². The molecule has 3 rings (SSSR count). The van der Waals surface area contributed by atoms with Gasteiger partial charge in [0.15, 0.2) is 11.0 Å².